The molecule has 0 radical (unpaired) electrons. The van der Waals surface area contributed by atoms with Crippen molar-refractivity contribution in [2.45, 2.75) is 19.9 Å². The number of aromatic nitrogens is 1. The van der Waals surface area contributed by atoms with Gasteiger partial charge in [-0.15, -0.1) is 0 Å². The molecule has 1 aromatic heterocycles. The van der Waals surface area contributed by atoms with Gasteiger partial charge in [-0.2, -0.15) is 0 Å². The zero-order chi connectivity index (χ0) is 24.4. The summed E-state index contributed by atoms with van der Waals surface area (Å²) in [5, 5.41) is 11.3. The molecule has 1 N–H and O–H groups in total. The minimum atomic E-state index is -0.975. The minimum absolute atomic E-state index is 0.0719. The van der Waals surface area contributed by atoms with Gasteiger partial charge in [-0.1, -0.05) is 53.8 Å². The highest BCUT2D eigenvalue weighted by Gasteiger charge is 2.48. The predicted octanol–water partition coefficient (Wildman–Crippen LogP) is 4.26. The van der Waals surface area contributed by atoms with Crippen LogP contribution in [0.5, 0.6) is 5.75 Å². The SMILES string of the molecule is CCOc1cccc(C2C(=C(O)c3ccccc3)C(=O)C(=O)N2c2nc(C)c(C(=O)OC)s2)c1. The molecule has 9 heteroatoms. The number of carbonyl (C=O) groups excluding carboxylic acids is 3. The molecule has 0 saturated carbocycles. The number of Topliss-reactive ketones (excluding diaryl/α,β-unsaturated/α-hetero) is 1. The van der Waals surface area contributed by atoms with Crippen molar-refractivity contribution in [2.24, 2.45) is 0 Å². The number of methoxy groups -OCH3 is 1. The van der Waals surface area contributed by atoms with Gasteiger partial charge in [0, 0.05) is 5.56 Å². The van der Waals surface area contributed by atoms with E-state index in [2.05, 4.69) is 4.98 Å². The lowest BCUT2D eigenvalue weighted by atomic mass is 9.95. The Morgan fingerprint density at radius 2 is 1.88 bits per heavy atom. The topological polar surface area (TPSA) is 106 Å². The average Bonchev–Trinajstić information content (AvgIpc) is 3.36. The number of ether oxygens (including phenoxy) is 2. The number of hydrogen-bond acceptors (Lipinski definition) is 8. The lowest BCUT2D eigenvalue weighted by Gasteiger charge is -2.23. The molecular formula is C25H22N2O6S. The molecule has 1 atom stereocenters. The second kappa shape index (κ2) is 9.48. The van der Waals surface area contributed by atoms with Gasteiger partial charge in [-0.3, -0.25) is 14.5 Å². The summed E-state index contributed by atoms with van der Waals surface area (Å²) in [6.07, 6.45) is 0. The van der Waals surface area contributed by atoms with Gasteiger partial charge in [-0.05, 0) is 31.5 Å². The number of benzene rings is 2. The maximum absolute atomic E-state index is 13.3. The first-order valence-corrected chi connectivity index (χ1v) is 11.3. The van der Waals surface area contributed by atoms with E-state index in [0.717, 1.165) is 11.3 Å². The number of rotatable bonds is 6. The summed E-state index contributed by atoms with van der Waals surface area (Å²) in [6, 6.07) is 14.5. The molecule has 1 aliphatic heterocycles. The highest BCUT2D eigenvalue weighted by molar-refractivity contribution is 7.17. The lowest BCUT2D eigenvalue weighted by molar-refractivity contribution is -0.132. The van der Waals surface area contributed by atoms with Crippen LogP contribution in [0, 0.1) is 6.92 Å². The van der Waals surface area contributed by atoms with Crippen molar-refractivity contribution in [2.75, 3.05) is 18.6 Å². The van der Waals surface area contributed by atoms with Crippen LogP contribution >= 0.6 is 11.3 Å². The number of thiazole rings is 1. The third-order valence-electron chi connectivity index (χ3n) is 5.34. The van der Waals surface area contributed by atoms with Gasteiger partial charge in [0.05, 0.1) is 31.0 Å². The lowest BCUT2D eigenvalue weighted by Crippen LogP contribution is -2.29. The van der Waals surface area contributed by atoms with Crippen molar-refractivity contribution in [3.05, 3.63) is 81.9 Å². The zero-order valence-electron chi connectivity index (χ0n) is 18.8. The van der Waals surface area contributed by atoms with Crippen LogP contribution in [0.1, 0.15) is 39.5 Å². The van der Waals surface area contributed by atoms with Crippen LogP contribution in [0.3, 0.4) is 0 Å². The van der Waals surface area contributed by atoms with Crippen LogP contribution in [0.15, 0.2) is 60.2 Å². The van der Waals surface area contributed by atoms with Crippen LogP contribution in [-0.2, 0) is 14.3 Å². The molecule has 4 rings (SSSR count). The summed E-state index contributed by atoms with van der Waals surface area (Å²) >= 11 is 0.949. The summed E-state index contributed by atoms with van der Waals surface area (Å²) in [4.78, 5) is 44.5. The number of anilines is 1. The van der Waals surface area contributed by atoms with Gasteiger partial charge in [0.25, 0.3) is 5.78 Å². The van der Waals surface area contributed by atoms with E-state index in [1.165, 1.54) is 12.0 Å². The van der Waals surface area contributed by atoms with Gasteiger partial charge < -0.3 is 14.6 Å². The summed E-state index contributed by atoms with van der Waals surface area (Å²) in [6.45, 7) is 3.90. The molecule has 34 heavy (non-hydrogen) atoms. The van der Waals surface area contributed by atoms with E-state index in [1.54, 1.807) is 61.5 Å². The molecule has 174 valence electrons. The van der Waals surface area contributed by atoms with Crippen LogP contribution < -0.4 is 9.64 Å². The molecule has 1 aliphatic rings. The molecule has 1 fully saturated rings. The first-order valence-electron chi connectivity index (χ1n) is 10.5. The van der Waals surface area contributed by atoms with Crippen molar-refractivity contribution in [3.63, 3.8) is 0 Å². The molecule has 0 bridgehead atoms. The van der Waals surface area contributed by atoms with Gasteiger partial charge in [0.15, 0.2) is 5.13 Å². The zero-order valence-corrected chi connectivity index (χ0v) is 19.6. The molecule has 3 aromatic rings. The predicted molar refractivity (Wildman–Crippen MR) is 127 cm³/mol. The monoisotopic (exact) mass is 478 g/mol. The molecular weight excluding hydrogens is 456 g/mol. The largest absolute Gasteiger partial charge is 0.507 e. The Morgan fingerprint density at radius 1 is 1.15 bits per heavy atom. The normalized spacial score (nSPS) is 17.1. The number of esters is 1. The molecule has 1 saturated heterocycles. The Labute approximate surface area is 200 Å². The van der Waals surface area contributed by atoms with E-state index < -0.39 is 23.7 Å². The van der Waals surface area contributed by atoms with Gasteiger partial charge in [0.2, 0.25) is 0 Å². The number of aliphatic hydroxyl groups is 1. The Kier molecular flexibility index (Phi) is 6.47. The van der Waals surface area contributed by atoms with Crippen LogP contribution in [0.2, 0.25) is 0 Å². The Bertz CT molecular complexity index is 1300. The van der Waals surface area contributed by atoms with Crippen molar-refractivity contribution < 1.29 is 29.0 Å². The maximum atomic E-state index is 13.3. The highest BCUT2D eigenvalue weighted by atomic mass is 32.1. The molecule has 1 unspecified atom stereocenters. The van der Waals surface area contributed by atoms with E-state index in [9.17, 15) is 19.5 Å². The molecule has 0 spiro atoms. The van der Waals surface area contributed by atoms with Crippen molar-refractivity contribution >= 4 is 39.9 Å². The summed E-state index contributed by atoms with van der Waals surface area (Å²) in [7, 11) is 1.26. The number of nitrogens with zero attached hydrogens (tertiary/aromatic N) is 2. The first kappa shape index (κ1) is 23.2. The fourth-order valence-corrected chi connectivity index (χ4v) is 4.82. The van der Waals surface area contributed by atoms with Crippen molar-refractivity contribution in [1.29, 1.82) is 0 Å². The Balaban J connectivity index is 1.94. The molecule has 0 aliphatic carbocycles. The minimum Gasteiger partial charge on any atom is -0.507 e. The van der Waals surface area contributed by atoms with E-state index in [-0.39, 0.29) is 21.3 Å². The third-order valence-corrected chi connectivity index (χ3v) is 6.48. The van der Waals surface area contributed by atoms with Gasteiger partial charge in [-0.25, -0.2) is 9.78 Å². The van der Waals surface area contributed by atoms with Crippen LogP contribution in [0.25, 0.3) is 5.76 Å². The molecule has 8 nitrogen and oxygen atoms in total. The fourth-order valence-electron chi connectivity index (χ4n) is 3.81. The molecule has 1 amide bonds. The van der Waals surface area contributed by atoms with Crippen LogP contribution in [0.4, 0.5) is 5.13 Å². The van der Waals surface area contributed by atoms with Gasteiger partial charge >= 0.3 is 11.9 Å². The smallest absolute Gasteiger partial charge is 0.350 e. The standard InChI is InChI=1S/C25H22N2O6S/c1-4-33-17-12-8-11-16(13-17)19-18(20(28)15-9-6-5-7-10-15)21(29)23(30)27(19)25-26-14(2)22(34-25)24(31)32-3/h5-13,19,28H,4H2,1-3H3. The van der Waals surface area contributed by atoms with Crippen molar-refractivity contribution in [1.82, 2.24) is 4.98 Å². The Morgan fingerprint density at radius 3 is 2.56 bits per heavy atom. The highest BCUT2D eigenvalue weighted by Crippen LogP contribution is 2.44. The second-order valence-corrected chi connectivity index (χ2v) is 8.42. The average molecular weight is 479 g/mol. The fraction of sp³-hybridized carbons (Fsp3) is 0.200. The van der Waals surface area contributed by atoms with E-state index in [0.29, 0.717) is 29.2 Å². The Hall–Kier alpha value is -3.98. The first-order chi connectivity index (χ1) is 16.4. The summed E-state index contributed by atoms with van der Waals surface area (Å²) < 4.78 is 10.4. The second-order valence-electron chi connectivity index (χ2n) is 7.44. The quantitative estimate of drug-likeness (QED) is 0.244. The molecule has 2 aromatic carbocycles. The number of aliphatic hydroxyl groups excluding tert-OH is 1. The number of carbonyl (C=O) groups is 3. The molecule has 2 heterocycles. The third kappa shape index (κ3) is 4.06. The maximum Gasteiger partial charge on any atom is 0.350 e. The number of ketones is 1. The number of hydrogen-bond donors (Lipinski definition) is 1. The van der Waals surface area contributed by atoms with E-state index in [4.69, 9.17) is 9.47 Å². The van der Waals surface area contributed by atoms with Crippen molar-refractivity contribution in [3.8, 4) is 5.75 Å². The van der Waals surface area contributed by atoms with Gasteiger partial charge in [0.1, 0.15) is 16.4 Å². The number of amides is 1. The number of aryl methyl sites for hydroxylation is 1. The summed E-state index contributed by atoms with van der Waals surface area (Å²) in [5.74, 6) is -2.03. The van der Waals surface area contributed by atoms with E-state index >= 15 is 0 Å². The van der Waals surface area contributed by atoms with Crippen LogP contribution in [-0.4, -0.2) is 41.5 Å². The van der Waals surface area contributed by atoms with E-state index in [1.807, 2.05) is 6.92 Å². The summed E-state index contributed by atoms with van der Waals surface area (Å²) in [5.41, 5.74) is 1.25.